The van der Waals surface area contributed by atoms with E-state index in [2.05, 4.69) is 4.74 Å². The molecule has 1 rings (SSSR count). The van der Waals surface area contributed by atoms with Gasteiger partial charge in [0.2, 0.25) is 0 Å². The molecule has 20 heavy (non-hydrogen) atoms. The molecule has 5 nitrogen and oxygen atoms in total. The van der Waals surface area contributed by atoms with Crippen LogP contribution in [0.3, 0.4) is 0 Å². The maximum absolute atomic E-state index is 11.4. The highest BCUT2D eigenvalue weighted by Gasteiger charge is 2.12. The molecule has 1 heterocycles. The van der Waals surface area contributed by atoms with Gasteiger partial charge in [-0.1, -0.05) is 18.2 Å². The molecule has 1 fully saturated rings. The van der Waals surface area contributed by atoms with Crippen LogP contribution in [-0.4, -0.2) is 38.4 Å². The summed E-state index contributed by atoms with van der Waals surface area (Å²) in [6, 6.07) is 0. The van der Waals surface area contributed by atoms with Gasteiger partial charge < -0.3 is 14.2 Å². The molecule has 1 atom stereocenters. The Morgan fingerprint density at radius 3 is 2.80 bits per heavy atom. The van der Waals surface area contributed by atoms with Crippen molar-refractivity contribution < 1.29 is 23.8 Å². The Hall–Kier alpha value is -1.46. The summed E-state index contributed by atoms with van der Waals surface area (Å²) >= 11 is 0. The Balaban J connectivity index is 2.08. The number of allylic oxidation sites excluding steroid dienone is 3. The number of methoxy groups -OCH3 is 1. The molecule has 1 saturated heterocycles. The lowest BCUT2D eigenvalue weighted by Gasteiger charge is -2.21. The Kier molecular flexibility index (Phi) is 8.58. The monoisotopic (exact) mass is 282 g/mol. The third kappa shape index (κ3) is 7.86. The number of esters is 1. The maximum atomic E-state index is 11.4. The van der Waals surface area contributed by atoms with Crippen molar-refractivity contribution in [2.75, 3.05) is 20.3 Å². The lowest BCUT2D eigenvalue weighted by Crippen LogP contribution is -2.22. The number of hydrogen-bond donors (Lipinski definition) is 0. The standard InChI is InChI=1S/C15H22O5/c1-18-14(17)10-9-13(16)7-3-2-5-11-19-15-8-4-6-12-20-15/h2-3,5,7,15H,4,6,8-12H2,1H3/b5-2-,7-3+. The third-order valence-electron chi connectivity index (χ3n) is 2.85. The van der Waals surface area contributed by atoms with Crippen LogP contribution >= 0.6 is 0 Å². The maximum Gasteiger partial charge on any atom is 0.305 e. The quantitative estimate of drug-likeness (QED) is 0.388. The number of carbonyl (C=O) groups excluding carboxylic acids is 2. The average Bonchev–Trinajstić information content (AvgIpc) is 2.49. The van der Waals surface area contributed by atoms with E-state index in [4.69, 9.17) is 9.47 Å². The summed E-state index contributed by atoms with van der Waals surface area (Å²) in [5.74, 6) is -0.472. The summed E-state index contributed by atoms with van der Waals surface area (Å²) in [5.41, 5.74) is 0. The molecule has 1 aliphatic heterocycles. The summed E-state index contributed by atoms with van der Waals surface area (Å²) in [4.78, 5) is 22.2. The van der Waals surface area contributed by atoms with Crippen molar-refractivity contribution in [2.45, 2.75) is 38.4 Å². The number of ketones is 1. The second-order valence-electron chi connectivity index (χ2n) is 4.46. The molecule has 1 unspecified atom stereocenters. The van der Waals surface area contributed by atoms with Crippen molar-refractivity contribution in [3.8, 4) is 0 Å². The lowest BCUT2D eigenvalue weighted by molar-refractivity contribution is -0.155. The molecule has 112 valence electrons. The first-order valence-corrected chi connectivity index (χ1v) is 6.88. The minimum atomic E-state index is -0.372. The summed E-state index contributed by atoms with van der Waals surface area (Å²) in [5, 5.41) is 0. The molecular weight excluding hydrogens is 260 g/mol. The van der Waals surface area contributed by atoms with E-state index in [0.717, 1.165) is 25.9 Å². The zero-order chi connectivity index (χ0) is 14.6. The van der Waals surface area contributed by atoms with Gasteiger partial charge >= 0.3 is 5.97 Å². The normalized spacial score (nSPS) is 19.6. The molecule has 0 aromatic rings. The van der Waals surface area contributed by atoms with Crippen molar-refractivity contribution in [2.24, 2.45) is 0 Å². The van der Waals surface area contributed by atoms with Crippen molar-refractivity contribution in [3.05, 3.63) is 24.3 Å². The van der Waals surface area contributed by atoms with Crippen LogP contribution in [0.2, 0.25) is 0 Å². The van der Waals surface area contributed by atoms with E-state index >= 15 is 0 Å². The van der Waals surface area contributed by atoms with E-state index in [0.29, 0.717) is 6.61 Å². The van der Waals surface area contributed by atoms with E-state index in [-0.39, 0.29) is 30.9 Å². The zero-order valence-electron chi connectivity index (χ0n) is 11.9. The van der Waals surface area contributed by atoms with Gasteiger partial charge in [-0.2, -0.15) is 0 Å². The van der Waals surface area contributed by atoms with E-state index in [9.17, 15) is 9.59 Å². The largest absolute Gasteiger partial charge is 0.469 e. The first-order valence-electron chi connectivity index (χ1n) is 6.88. The molecule has 5 heteroatoms. The summed E-state index contributed by atoms with van der Waals surface area (Å²) in [6.07, 6.45) is 10.0. The predicted octanol–water partition coefficient (Wildman–Crippen LogP) is 2.16. The lowest BCUT2D eigenvalue weighted by atomic mass is 10.2. The van der Waals surface area contributed by atoms with Crippen LogP contribution in [0.4, 0.5) is 0 Å². The van der Waals surface area contributed by atoms with Gasteiger partial charge in [0.15, 0.2) is 12.1 Å². The van der Waals surface area contributed by atoms with E-state index in [1.165, 1.54) is 13.2 Å². The fourth-order valence-corrected chi connectivity index (χ4v) is 1.71. The molecule has 0 N–H and O–H groups in total. The van der Waals surface area contributed by atoms with Crippen molar-refractivity contribution in [3.63, 3.8) is 0 Å². The van der Waals surface area contributed by atoms with Crippen molar-refractivity contribution in [1.82, 2.24) is 0 Å². The van der Waals surface area contributed by atoms with Crippen LogP contribution in [0.25, 0.3) is 0 Å². The predicted molar refractivity (Wildman–Crippen MR) is 74.1 cm³/mol. The smallest absolute Gasteiger partial charge is 0.305 e. The van der Waals surface area contributed by atoms with E-state index in [1.54, 1.807) is 12.2 Å². The van der Waals surface area contributed by atoms with Gasteiger partial charge in [-0.15, -0.1) is 0 Å². The topological polar surface area (TPSA) is 61.8 Å². The Labute approximate surface area is 119 Å². The molecule has 0 amide bonds. The minimum absolute atomic E-state index is 0.0981. The second-order valence-corrected chi connectivity index (χ2v) is 4.46. The number of ether oxygens (including phenoxy) is 3. The van der Waals surface area contributed by atoms with Crippen LogP contribution in [-0.2, 0) is 23.8 Å². The SMILES string of the molecule is COC(=O)CCC(=O)/C=C/C=C\COC1CCCCO1. The number of hydrogen-bond acceptors (Lipinski definition) is 5. The number of carbonyl (C=O) groups is 2. The van der Waals surface area contributed by atoms with Crippen LogP contribution in [0.15, 0.2) is 24.3 Å². The van der Waals surface area contributed by atoms with Gasteiger partial charge in [-0.05, 0) is 25.3 Å². The molecule has 0 spiro atoms. The highest BCUT2D eigenvalue weighted by atomic mass is 16.7. The van der Waals surface area contributed by atoms with Gasteiger partial charge in [0.05, 0.1) is 20.1 Å². The second kappa shape index (κ2) is 10.3. The van der Waals surface area contributed by atoms with Gasteiger partial charge in [0.1, 0.15) is 0 Å². The van der Waals surface area contributed by atoms with Gasteiger partial charge in [0, 0.05) is 13.0 Å². The average molecular weight is 282 g/mol. The van der Waals surface area contributed by atoms with E-state index < -0.39 is 0 Å². The van der Waals surface area contributed by atoms with Gasteiger partial charge in [0.25, 0.3) is 0 Å². The number of rotatable bonds is 8. The van der Waals surface area contributed by atoms with Crippen molar-refractivity contribution >= 4 is 11.8 Å². The van der Waals surface area contributed by atoms with Crippen molar-refractivity contribution in [1.29, 1.82) is 0 Å². The molecule has 0 aromatic carbocycles. The molecular formula is C15H22O5. The minimum Gasteiger partial charge on any atom is -0.469 e. The molecule has 0 bridgehead atoms. The molecule has 0 radical (unpaired) electrons. The Morgan fingerprint density at radius 1 is 1.25 bits per heavy atom. The Bertz CT molecular complexity index is 353. The first kappa shape index (κ1) is 16.6. The van der Waals surface area contributed by atoms with Crippen LogP contribution < -0.4 is 0 Å². The third-order valence-corrected chi connectivity index (χ3v) is 2.85. The molecule has 0 aliphatic carbocycles. The molecule has 0 saturated carbocycles. The van der Waals surface area contributed by atoms with Gasteiger partial charge in [-0.3, -0.25) is 9.59 Å². The summed E-state index contributed by atoms with van der Waals surface area (Å²) in [6.45, 7) is 1.23. The first-order chi connectivity index (χ1) is 9.72. The molecule has 1 aliphatic rings. The molecule has 0 aromatic heterocycles. The highest BCUT2D eigenvalue weighted by Crippen LogP contribution is 2.13. The van der Waals surface area contributed by atoms with E-state index in [1.807, 2.05) is 6.08 Å². The zero-order valence-corrected chi connectivity index (χ0v) is 11.9. The fraction of sp³-hybridized carbons (Fsp3) is 0.600. The van der Waals surface area contributed by atoms with Crippen LogP contribution in [0.5, 0.6) is 0 Å². The van der Waals surface area contributed by atoms with Gasteiger partial charge in [-0.25, -0.2) is 0 Å². The van der Waals surface area contributed by atoms with Crippen LogP contribution in [0.1, 0.15) is 32.1 Å². The summed E-state index contributed by atoms with van der Waals surface area (Å²) < 4.78 is 15.4. The van der Waals surface area contributed by atoms with Crippen LogP contribution in [0, 0.1) is 0 Å². The highest BCUT2D eigenvalue weighted by molar-refractivity contribution is 5.91. The fourth-order valence-electron chi connectivity index (χ4n) is 1.71. The summed E-state index contributed by atoms with van der Waals surface area (Å²) in [7, 11) is 1.31. The Morgan fingerprint density at radius 2 is 2.10 bits per heavy atom.